The summed E-state index contributed by atoms with van der Waals surface area (Å²) in [5, 5.41) is 17.9. The average Bonchev–Trinajstić information content (AvgIpc) is 3.40. The summed E-state index contributed by atoms with van der Waals surface area (Å²) < 4.78 is 10.2. The minimum Gasteiger partial charge on any atom is -0.495 e. The molecule has 1 atom stereocenters. The number of hydrogen-bond acceptors (Lipinski definition) is 6. The number of furan rings is 1. The van der Waals surface area contributed by atoms with Crippen LogP contribution in [0.25, 0.3) is 0 Å². The van der Waals surface area contributed by atoms with Crippen LogP contribution in [0.5, 0.6) is 5.75 Å². The van der Waals surface area contributed by atoms with Gasteiger partial charge in [-0.25, -0.2) is 0 Å². The highest BCUT2D eigenvalue weighted by Gasteiger charge is 2.35. The van der Waals surface area contributed by atoms with Crippen molar-refractivity contribution in [2.75, 3.05) is 19.0 Å². The molecule has 3 aromatic rings. The number of anilines is 1. The maximum atomic E-state index is 12.2. The highest BCUT2D eigenvalue weighted by molar-refractivity contribution is 7.10. The van der Waals surface area contributed by atoms with E-state index in [0.717, 1.165) is 0 Å². The van der Waals surface area contributed by atoms with Crippen molar-refractivity contribution in [1.82, 2.24) is 5.32 Å². The van der Waals surface area contributed by atoms with Crippen molar-refractivity contribution in [2.45, 2.75) is 5.60 Å². The molecule has 140 valence electrons. The summed E-state index contributed by atoms with van der Waals surface area (Å²) in [5.74, 6) is -1.30. The molecule has 0 spiro atoms. The Bertz CT molecular complexity index is 872. The number of carbonyl (C=O) groups is 2. The number of nitrogens with one attached hydrogen (secondary N) is 2. The van der Waals surface area contributed by atoms with E-state index in [4.69, 9.17) is 9.15 Å². The molecule has 0 bridgehead atoms. The van der Waals surface area contributed by atoms with Crippen molar-refractivity contribution in [1.29, 1.82) is 0 Å². The minimum absolute atomic E-state index is 0.189. The maximum absolute atomic E-state index is 12.2. The molecule has 3 N–H and O–H groups in total. The number of para-hydroxylation sites is 2. The molecule has 3 rings (SSSR count). The zero-order valence-electron chi connectivity index (χ0n) is 14.5. The number of thiophene rings is 1. The predicted molar refractivity (Wildman–Crippen MR) is 101 cm³/mol. The van der Waals surface area contributed by atoms with Crippen molar-refractivity contribution in [3.8, 4) is 5.75 Å². The Balaban J connectivity index is 1.70. The lowest BCUT2D eigenvalue weighted by atomic mass is 9.94. The summed E-state index contributed by atoms with van der Waals surface area (Å²) in [4.78, 5) is 25.1. The number of methoxy groups -OCH3 is 1. The molecule has 0 radical (unpaired) electrons. The molecule has 2 heterocycles. The van der Waals surface area contributed by atoms with Gasteiger partial charge in [0, 0.05) is 10.4 Å². The lowest BCUT2D eigenvalue weighted by Crippen LogP contribution is -2.44. The van der Waals surface area contributed by atoms with E-state index in [9.17, 15) is 14.7 Å². The van der Waals surface area contributed by atoms with Gasteiger partial charge in [-0.05, 0) is 29.6 Å². The predicted octanol–water partition coefficient (Wildman–Crippen LogP) is 2.34. The summed E-state index contributed by atoms with van der Waals surface area (Å²) in [6.45, 7) is -0.189. The molecule has 1 aromatic carbocycles. The fourth-order valence-electron chi connectivity index (χ4n) is 2.56. The molecule has 2 amide bonds. The SMILES string of the molecule is COc1ccccc1NC(=O)C(=O)NC[C@](O)(c1ccoc1)c1cccs1. The largest absolute Gasteiger partial charge is 0.495 e. The van der Waals surface area contributed by atoms with Crippen LogP contribution in [-0.4, -0.2) is 30.6 Å². The molecule has 0 unspecified atom stereocenters. The third-order valence-corrected chi connectivity index (χ3v) is 5.01. The van der Waals surface area contributed by atoms with E-state index in [-0.39, 0.29) is 6.54 Å². The van der Waals surface area contributed by atoms with E-state index in [2.05, 4.69) is 10.6 Å². The van der Waals surface area contributed by atoms with E-state index in [1.54, 1.807) is 42.5 Å². The van der Waals surface area contributed by atoms with Crippen molar-refractivity contribution >= 4 is 28.8 Å². The minimum atomic E-state index is -1.50. The van der Waals surface area contributed by atoms with Crippen LogP contribution in [0.3, 0.4) is 0 Å². The first kappa shape index (κ1) is 18.7. The first-order chi connectivity index (χ1) is 13.0. The molecule has 0 fully saturated rings. The van der Waals surface area contributed by atoms with Crippen LogP contribution in [0, 0.1) is 0 Å². The molecule has 0 saturated carbocycles. The third-order valence-electron chi connectivity index (χ3n) is 3.99. The van der Waals surface area contributed by atoms with Gasteiger partial charge in [0.2, 0.25) is 0 Å². The molecule has 27 heavy (non-hydrogen) atoms. The van der Waals surface area contributed by atoms with Crippen LogP contribution in [-0.2, 0) is 15.2 Å². The lowest BCUT2D eigenvalue weighted by Gasteiger charge is -2.26. The van der Waals surface area contributed by atoms with Crippen molar-refractivity contribution in [3.05, 3.63) is 70.8 Å². The number of benzene rings is 1. The molecular weight excluding hydrogens is 368 g/mol. The van der Waals surface area contributed by atoms with Gasteiger partial charge in [0.05, 0.1) is 31.9 Å². The van der Waals surface area contributed by atoms with Crippen LogP contribution < -0.4 is 15.4 Å². The number of carbonyl (C=O) groups excluding carboxylic acids is 2. The summed E-state index contributed by atoms with van der Waals surface area (Å²) >= 11 is 1.34. The highest BCUT2D eigenvalue weighted by Crippen LogP contribution is 2.32. The second kappa shape index (κ2) is 8.07. The molecule has 7 nitrogen and oxygen atoms in total. The monoisotopic (exact) mass is 386 g/mol. The van der Waals surface area contributed by atoms with Gasteiger partial charge in [-0.1, -0.05) is 18.2 Å². The first-order valence-electron chi connectivity index (χ1n) is 8.06. The maximum Gasteiger partial charge on any atom is 0.313 e. The Labute approximate surface area is 159 Å². The summed E-state index contributed by atoms with van der Waals surface area (Å²) in [6.07, 6.45) is 2.84. The number of aliphatic hydroxyl groups is 1. The summed E-state index contributed by atoms with van der Waals surface area (Å²) in [5.41, 5.74) is -0.638. The Morgan fingerprint density at radius 3 is 2.67 bits per heavy atom. The molecule has 0 aliphatic carbocycles. The molecular formula is C19H18N2O5S. The second-order valence-corrected chi connectivity index (χ2v) is 6.63. The van der Waals surface area contributed by atoms with Crippen LogP contribution in [0.1, 0.15) is 10.4 Å². The van der Waals surface area contributed by atoms with Gasteiger partial charge < -0.3 is 24.9 Å². The zero-order chi connectivity index (χ0) is 19.3. The molecule has 0 aliphatic heterocycles. The quantitative estimate of drug-likeness (QED) is 0.565. The van der Waals surface area contributed by atoms with Crippen molar-refractivity contribution in [2.24, 2.45) is 0 Å². The summed E-state index contributed by atoms with van der Waals surface area (Å²) in [6, 6.07) is 11.9. The Kier molecular flexibility index (Phi) is 5.58. The molecule has 2 aromatic heterocycles. The van der Waals surface area contributed by atoms with Gasteiger partial charge in [0.15, 0.2) is 0 Å². The van der Waals surface area contributed by atoms with Gasteiger partial charge in [-0.2, -0.15) is 0 Å². The van der Waals surface area contributed by atoms with Gasteiger partial charge in [0.25, 0.3) is 0 Å². The normalized spacial score (nSPS) is 12.8. The van der Waals surface area contributed by atoms with Crippen LogP contribution in [0.15, 0.2) is 64.8 Å². The second-order valence-electron chi connectivity index (χ2n) is 5.69. The zero-order valence-corrected chi connectivity index (χ0v) is 15.3. The fourth-order valence-corrected chi connectivity index (χ4v) is 3.41. The molecule has 0 aliphatic rings. The van der Waals surface area contributed by atoms with Crippen LogP contribution >= 0.6 is 11.3 Å². The topological polar surface area (TPSA) is 101 Å². The van der Waals surface area contributed by atoms with E-state index in [1.807, 2.05) is 5.38 Å². The Morgan fingerprint density at radius 1 is 1.19 bits per heavy atom. The highest BCUT2D eigenvalue weighted by atomic mass is 32.1. The molecule has 0 saturated heterocycles. The van der Waals surface area contributed by atoms with E-state index >= 15 is 0 Å². The Hall–Kier alpha value is -3.10. The average molecular weight is 386 g/mol. The third kappa shape index (κ3) is 4.02. The smallest absolute Gasteiger partial charge is 0.313 e. The van der Waals surface area contributed by atoms with Gasteiger partial charge in [0.1, 0.15) is 11.4 Å². The van der Waals surface area contributed by atoms with E-state index in [0.29, 0.717) is 21.9 Å². The Morgan fingerprint density at radius 2 is 2.00 bits per heavy atom. The van der Waals surface area contributed by atoms with Gasteiger partial charge in [-0.3, -0.25) is 9.59 Å². The van der Waals surface area contributed by atoms with Gasteiger partial charge >= 0.3 is 11.8 Å². The fraction of sp³-hybridized carbons (Fsp3) is 0.158. The summed E-state index contributed by atoms with van der Waals surface area (Å²) in [7, 11) is 1.47. The molecule has 8 heteroatoms. The van der Waals surface area contributed by atoms with Crippen LogP contribution in [0.2, 0.25) is 0 Å². The number of hydrogen-bond donors (Lipinski definition) is 3. The van der Waals surface area contributed by atoms with Crippen molar-refractivity contribution < 1.29 is 23.8 Å². The number of ether oxygens (including phenoxy) is 1. The lowest BCUT2D eigenvalue weighted by molar-refractivity contribution is -0.136. The van der Waals surface area contributed by atoms with E-state index < -0.39 is 17.4 Å². The van der Waals surface area contributed by atoms with E-state index in [1.165, 1.54) is 31.0 Å². The first-order valence-corrected chi connectivity index (χ1v) is 8.94. The standard InChI is InChI=1S/C19H18N2O5S/c1-25-15-6-3-2-5-14(15)21-18(23)17(22)20-12-19(24,13-8-9-26-11-13)16-7-4-10-27-16/h2-11,24H,12H2,1H3,(H,20,22)(H,21,23)/t19-/m0/s1. The van der Waals surface area contributed by atoms with Gasteiger partial charge in [-0.15, -0.1) is 11.3 Å². The van der Waals surface area contributed by atoms with Crippen molar-refractivity contribution in [3.63, 3.8) is 0 Å². The number of rotatable bonds is 6. The van der Waals surface area contributed by atoms with Crippen LogP contribution in [0.4, 0.5) is 5.69 Å². The number of amides is 2.